The van der Waals surface area contributed by atoms with Crippen LogP contribution in [0, 0.1) is 5.92 Å². The van der Waals surface area contributed by atoms with Crippen LogP contribution in [0.15, 0.2) is 17.5 Å². The first-order valence-electron chi connectivity index (χ1n) is 6.92. The van der Waals surface area contributed by atoms with Crippen molar-refractivity contribution in [2.45, 2.75) is 18.2 Å². The first-order chi connectivity index (χ1) is 10.4. The highest BCUT2D eigenvalue weighted by Gasteiger charge is 2.31. The molecule has 22 heavy (non-hydrogen) atoms. The summed E-state index contributed by atoms with van der Waals surface area (Å²) in [7, 11) is -3.70. The summed E-state index contributed by atoms with van der Waals surface area (Å²) in [6, 6.07) is 3.23. The third-order valence-electron chi connectivity index (χ3n) is 3.42. The number of carbonyl (C=O) groups excluding carboxylic acids is 2. The molecule has 2 unspecified atom stereocenters. The van der Waals surface area contributed by atoms with Crippen molar-refractivity contribution in [3.8, 4) is 0 Å². The number of thiophene rings is 1. The van der Waals surface area contributed by atoms with E-state index < -0.39 is 21.0 Å². The van der Waals surface area contributed by atoms with Crippen molar-refractivity contribution in [3.63, 3.8) is 0 Å². The largest absolute Gasteiger partial charge is 0.316 e. The van der Waals surface area contributed by atoms with Crippen LogP contribution >= 0.6 is 11.3 Å². The van der Waals surface area contributed by atoms with Crippen LogP contribution in [0.2, 0.25) is 0 Å². The summed E-state index contributed by atoms with van der Waals surface area (Å²) in [6.07, 6.45) is 2.59. The summed E-state index contributed by atoms with van der Waals surface area (Å²) in [5.41, 5.74) is 4.76. The van der Waals surface area contributed by atoms with Gasteiger partial charge < -0.3 is 5.32 Å². The predicted molar refractivity (Wildman–Crippen MR) is 84.2 cm³/mol. The zero-order valence-electron chi connectivity index (χ0n) is 12.2. The second kappa shape index (κ2) is 7.32. The van der Waals surface area contributed by atoms with Gasteiger partial charge in [0.15, 0.2) is 15.2 Å². The lowest BCUT2D eigenvalue weighted by Crippen LogP contribution is -2.54. The second-order valence-electron chi connectivity index (χ2n) is 5.23. The number of amides is 1. The molecule has 0 aromatic carbocycles. The van der Waals surface area contributed by atoms with E-state index in [-0.39, 0.29) is 11.8 Å². The molecule has 122 valence electrons. The van der Waals surface area contributed by atoms with Crippen molar-refractivity contribution in [3.05, 3.63) is 22.4 Å². The molecule has 0 saturated carbocycles. The van der Waals surface area contributed by atoms with Gasteiger partial charge in [0.05, 0.1) is 10.8 Å². The number of nitrogens with one attached hydrogen (secondary N) is 3. The Morgan fingerprint density at radius 3 is 2.77 bits per heavy atom. The van der Waals surface area contributed by atoms with Crippen molar-refractivity contribution in [1.82, 2.24) is 16.2 Å². The van der Waals surface area contributed by atoms with E-state index in [1.165, 1.54) is 0 Å². The zero-order valence-corrected chi connectivity index (χ0v) is 13.8. The molecule has 1 aliphatic heterocycles. The van der Waals surface area contributed by atoms with Crippen LogP contribution in [0.1, 0.15) is 22.5 Å². The van der Waals surface area contributed by atoms with Gasteiger partial charge in [0, 0.05) is 12.8 Å². The van der Waals surface area contributed by atoms with Gasteiger partial charge in [-0.25, -0.2) is 13.8 Å². The number of sulfone groups is 1. The topological polar surface area (TPSA) is 104 Å². The molecule has 2 heterocycles. The van der Waals surface area contributed by atoms with Gasteiger partial charge in [0.2, 0.25) is 11.7 Å². The number of hydrogen-bond acceptors (Lipinski definition) is 7. The summed E-state index contributed by atoms with van der Waals surface area (Å²) >= 11 is 1.16. The molecule has 3 N–H and O–H groups in total. The minimum absolute atomic E-state index is 0.224. The van der Waals surface area contributed by atoms with Gasteiger partial charge in [0.25, 0.3) is 0 Å². The van der Waals surface area contributed by atoms with Gasteiger partial charge in [-0.05, 0) is 30.8 Å². The van der Waals surface area contributed by atoms with Crippen LogP contribution < -0.4 is 16.2 Å². The van der Waals surface area contributed by atoms with Gasteiger partial charge in [-0.15, -0.1) is 11.3 Å². The molecule has 2 atom stereocenters. The number of hydrogen-bond donors (Lipinski definition) is 3. The van der Waals surface area contributed by atoms with Crippen LogP contribution in [-0.2, 0) is 14.6 Å². The fourth-order valence-corrected chi connectivity index (χ4v) is 3.79. The van der Waals surface area contributed by atoms with Crippen molar-refractivity contribution in [2.75, 3.05) is 19.3 Å². The van der Waals surface area contributed by atoms with Crippen LogP contribution in [0.3, 0.4) is 0 Å². The van der Waals surface area contributed by atoms with Gasteiger partial charge in [-0.3, -0.25) is 15.0 Å². The first-order valence-corrected chi connectivity index (χ1v) is 9.75. The first kappa shape index (κ1) is 17.1. The molecular formula is C13H19N3O4S2. The molecule has 1 amide bonds. The lowest BCUT2D eigenvalue weighted by molar-refractivity contribution is -0.126. The fraction of sp³-hybridized carbons (Fsp3) is 0.538. The lowest BCUT2D eigenvalue weighted by atomic mass is 9.99. The van der Waals surface area contributed by atoms with E-state index in [4.69, 9.17) is 0 Å². The zero-order chi connectivity index (χ0) is 16.2. The van der Waals surface area contributed by atoms with E-state index >= 15 is 0 Å². The average molecular weight is 345 g/mol. The summed E-state index contributed by atoms with van der Waals surface area (Å²) in [6.45, 7) is 1.43. The molecule has 0 radical (unpaired) electrons. The Bertz CT molecular complexity index is 622. The van der Waals surface area contributed by atoms with Gasteiger partial charge in [0.1, 0.15) is 0 Å². The van der Waals surface area contributed by atoms with Crippen LogP contribution in [-0.4, -0.2) is 44.8 Å². The molecule has 0 bridgehead atoms. The summed E-state index contributed by atoms with van der Waals surface area (Å²) in [5, 5.41) is 3.32. The van der Waals surface area contributed by atoms with Gasteiger partial charge >= 0.3 is 0 Å². The summed E-state index contributed by atoms with van der Waals surface area (Å²) < 4.78 is 23.6. The molecular weight excluding hydrogens is 326 g/mol. The number of rotatable bonds is 6. The molecule has 0 aliphatic carbocycles. The van der Waals surface area contributed by atoms with E-state index in [1.807, 2.05) is 0 Å². The molecule has 1 saturated heterocycles. The maximum atomic E-state index is 12.2. The highest BCUT2D eigenvalue weighted by molar-refractivity contribution is 7.92. The summed E-state index contributed by atoms with van der Waals surface area (Å²) in [4.78, 5) is 24.6. The van der Waals surface area contributed by atoms with E-state index in [0.717, 1.165) is 37.0 Å². The molecule has 1 fully saturated rings. The Hall–Kier alpha value is -1.29. The molecule has 0 spiro atoms. The van der Waals surface area contributed by atoms with Crippen molar-refractivity contribution >= 4 is 32.9 Å². The highest BCUT2D eigenvalue weighted by Crippen LogP contribution is 2.14. The van der Waals surface area contributed by atoms with Crippen LogP contribution in [0.25, 0.3) is 0 Å². The fourth-order valence-electron chi connectivity index (χ4n) is 2.23. The number of piperidine rings is 1. The summed E-state index contributed by atoms with van der Waals surface area (Å²) in [5.74, 6) is -1.10. The number of hydrazine groups is 1. The number of Topliss-reactive ketones (excluding diaryl/α,β-unsaturated/α-hetero) is 1. The maximum absolute atomic E-state index is 12.2. The van der Waals surface area contributed by atoms with Crippen LogP contribution in [0.4, 0.5) is 0 Å². The van der Waals surface area contributed by atoms with E-state index in [2.05, 4.69) is 16.2 Å². The molecule has 1 aliphatic rings. The Morgan fingerprint density at radius 2 is 2.23 bits per heavy atom. The molecule has 7 nitrogen and oxygen atoms in total. The lowest BCUT2D eigenvalue weighted by Gasteiger charge is -2.23. The molecule has 9 heteroatoms. The van der Waals surface area contributed by atoms with Crippen molar-refractivity contribution < 1.29 is 18.0 Å². The molecule has 1 aromatic rings. The molecule has 2 rings (SSSR count). The Balaban J connectivity index is 2.01. The Kier molecular flexibility index (Phi) is 5.68. The van der Waals surface area contributed by atoms with Gasteiger partial charge in [-0.2, -0.15) is 0 Å². The number of carbonyl (C=O) groups is 2. The monoisotopic (exact) mass is 345 g/mol. The normalized spacial score (nSPS) is 20.3. The maximum Gasteiger partial charge on any atom is 0.238 e. The van der Waals surface area contributed by atoms with Crippen molar-refractivity contribution in [2.24, 2.45) is 5.92 Å². The minimum Gasteiger partial charge on any atom is -0.316 e. The Labute approximate surface area is 133 Å². The number of ketones is 1. The van der Waals surface area contributed by atoms with E-state index in [0.29, 0.717) is 11.4 Å². The standard InChI is InChI=1S/C13H19N3O4S2/c1-22(19,20)13(11(17)10-5-3-7-21-10)16-15-12(18)9-4-2-6-14-8-9/h3,5,7,9,13-14,16H,2,4,6,8H2,1H3,(H,15,18). The van der Waals surface area contributed by atoms with Crippen molar-refractivity contribution in [1.29, 1.82) is 0 Å². The second-order valence-corrected chi connectivity index (χ2v) is 8.31. The predicted octanol–water partition coefficient (Wildman–Crippen LogP) is -0.0781. The Morgan fingerprint density at radius 1 is 1.45 bits per heavy atom. The van der Waals surface area contributed by atoms with E-state index in [9.17, 15) is 18.0 Å². The molecule has 1 aromatic heterocycles. The third kappa shape index (κ3) is 4.35. The quantitative estimate of drug-likeness (QED) is 0.492. The van der Waals surface area contributed by atoms with Gasteiger partial charge in [-0.1, -0.05) is 6.07 Å². The van der Waals surface area contributed by atoms with Crippen LogP contribution in [0.5, 0.6) is 0 Å². The van der Waals surface area contributed by atoms with E-state index in [1.54, 1.807) is 17.5 Å². The minimum atomic E-state index is -3.70. The SMILES string of the molecule is CS(=O)(=O)C(NNC(=O)C1CCCNC1)C(=O)c1cccs1. The smallest absolute Gasteiger partial charge is 0.238 e. The third-order valence-corrected chi connectivity index (χ3v) is 5.50. The highest BCUT2D eigenvalue weighted by atomic mass is 32.2. The average Bonchev–Trinajstić information content (AvgIpc) is 3.00.